The molecule has 3 amide bonds. The van der Waals surface area contributed by atoms with Crippen LogP contribution in [-0.2, 0) is 10.2 Å². The maximum Gasteiger partial charge on any atom is 0.435 e. The van der Waals surface area contributed by atoms with Crippen molar-refractivity contribution in [1.29, 1.82) is 5.26 Å². The zero-order chi connectivity index (χ0) is 25.0. The second kappa shape index (κ2) is 9.79. The number of hydrogen-bond acceptors (Lipinski definition) is 7. The van der Waals surface area contributed by atoms with E-state index in [0.717, 1.165) is 5.01 Å². The average molecular weight is 491 g/mol. The molecule has 2 heterocycles. The summed E-state index contributed by atoms with van der Waals surface area (Å²) in [6.07, 6.45) is 7.22. The fourth-order valence-electron chi connectivity index (χ4n) is 3.44. The molecular weight excluding hydrogens is 471 g/mol. The Morgan fingerprint density at radius 2 is 2.14 bits per heavy atom. The summed E-state index contributed by atoms with van der Waals surface area (Å²) in [5.74, 6) is 2.25. The number of carbonyl (C=O) groups is 2. The summed E-state index contributed by atoms with van der Waals surface area (Å²) in [5.41, 5.74) is 3.58. The zero-order valence-electron chi connectivity index (χ0n) is 18.5. The van der Waals surface area contributed by atoms with Gasteiger partial charge in [-0.2, -0.15) is 10.3 Å². The first kappa shape index (κ1) is 23.7. The molecule has 1 fully saturated rings. The van der Waals surface area contributed by atoms with E-state index in [0.29, 0.717) is 34.5 Å². The summed E-state index contributed by atoms with van der Waals surface area (Å²) in [7, 11) is 0. The van der Waals surface area contributed by atoms with Gasteiger partial charge in [0.1, 0.15) is 11.6 Å². The minimum Gasteiger partial charge on any atom is -0.448 e. The lowest BCUT2D eigenvalue weighted by Crippen LogP contribution is -2.49. The summed E-state index contributed by atoms with van der Waals surface area (Å²) in [5, 5.41) is 14.9. The molecule has 1 aliphatic rings. The van der Waals surface area contributed by atoms with Crippen LogP contribution in [0.1, 0.15) is 30.3 Å². The second-order valence-electron chi connectivity index (χ2n) is 7.57. The lowest BCUT2D eigenvalue weighted by molar-refractivity contribution is 0.156. The number of hydrogen-bond donors (Lipinski definition) is 2. The van der Waals surface area contributed by atoms with E-state index >= 15 is 0 Å². The van der Waals surface area contributed by atoms with E-state index in [9.17, 15) is 19.2 Å². The number of urea groups is 1. The average Bonchev–Trinajstić information content (AvgIpc) is 3.54. The fraction of sp³-hybridized carbons (Fsp3) is 0.208. The van der Waals surface area contributed by atoms with Gasteiger partial charge in [-0.25, -0.2) is 29.4 Å². The van der Waals surface area contributed by atoms with Gasteiger partial charge in [0.2, 0.25) is 0 Å². The molecule has 1 aliphatic carbocycles. The topological polar surface area (TPSA) is 120 Å². The fourth-order valence-corrected chi connectivity index (χ4v) is 3.99. The lowest BCUT2D eigenvalue weighted by Gasteiger charge is -2.21. The molecule has 0 bridgehead atoms. The minimum absolute atomic E-state index is 0.0729. The number of aromatic nitrogens is 2. The molecule has 2 aromatic heterocycles. The van der Waals surface area contributed by atoms with E-state index in [2.05, 4.69) is 32.7 Å². The molecule has 1 saturated carbocycles. The Kier molecular flexibility index (Phi) is 6.62. The molecule has 11 heteroatoms. The van der Waals surface area contributed by atoms with Gasteiger partial charge in [0.15, 0.2) is 10.8 Å². The Balaban J connectivity index is 1.58. The van der Waals surface area contributed by atoms with E-state index in [1.165, 1.54) is 35.7 Å². The maximum atomic E-state index is 13.9. The largest absolute Gasteiger partial charge is 0.448 e. The van der Waals surface area contributed by atoms with Crippen molar-refractivity contribution in [3.05, 3.63) is 58.3 Å². The van der Waals surface area contributed by atoms with Gasteiger partial charge in [0.05, 0.1) is 18.1 Å². The smallest absolute Gasteiger partial charge is 0.435 e. The number of anilines is 2. The van der Waals surface area contributed by atoms with Crippen LogP contribution in [0.4, 0.5) is 25.6 Å². The third-order valence-corrected chi connectivity index (χ3v) is 6.06. The van der Waals surface area contributed by atoms with Crippen LogP contribution in [-0.4, -0.2) is 28.7 Å². The van der Waals surface area contributed by atoms with Crippen molar-refractivity contribution in [2.24, 2.45) is 0 Å². The third-order valence-electron chi connectivity index (χ3n) is 5.28. The van der Waals surface area contributed by atoms with E-state index in [4.69, 9.17) is 11.2 Å². The van der Waals surface area contributed by atoms with Crippen molar-refractivity contribution in [2.75, 3.05) is 16.9 Å². The van der Waals surface area contributed by atoms with Gasteiger partial charge in [-0.15, -0.1) is 17.8 Å². The van der Waals surface area contributed by atoms with Crippen LogP contribution in [0, 0.1) is 29.5 Å². The van der Waals surface area contributed by atoms with E-state index in [1.807, 2.05) is 0 Å². The number of terminal acetylenes is 1. The highest BCUT2D eigenvalue weighted by Crippen LogP contribution is 2.50. The maximum absolute atomic E-state index is 13.9. The second-order valence-corrected chi connectivity index (χ2v) is 8.43. The number of nitriles is 1. The number of nitrogens with one attached hydrogen (secondary N) is 2. The van der Waals surface area contributed by atoms with Crippen LogP contribution < -0.4 is 15.8 Å². The van der Waals surface area contributed by atoms with Crippen LogP contribution in [0.2, 0.25) is 0 Å². The molecule has 3 aromatic rings. The summed E-state index contributed by atoms with van der Waals surface area (Å²) >= 11 is 1.18. The Morgan fingerprint density at radius 3 is 2.74 bits per heavy atom. The molecule has 0 radical (unpaired) electrons. The molecule has 0 aliphatic heterocycles. The van der Waals surface area contributed by atoms with E-state index < -0.39 is 23.4 Å². The third kappa shape index (κ3) is 5.05. The molecular formula is C24H19FN6O3S. The zero-order valence-corrected chi connectivity index (χ0v) is 19.4. The van der Waals surface area contributed by atoms with Gasteiger partial charge in [-0.05, 0) is 61.1 Å². The molecule has 0 unspecified atom stereocenters. The van der Waals surface area contributed by atoms with Crippen molar-refractivity contribution in [2.45, 2.75) is 25.2 Å². The first-order valence-electron chi connectivity index (χ1n) is 10.5. The number of nitrogens with zero attached hydrogens (tertiary/aromatic N) is 4. The van der Waals surface area contributed by atoms with Gasteiger partial charge < -0.3 is 4.74 Å². The summed E-state index contributed by atoms with van der Waals surface area (Å²) in [4.78, 5) is 33.3. The molecule has 4 rings (SSSR count). The molecule has 0 atom stereocenters. The van der Waals surface area contributed by atoms with Crippen LogP contribution in [0.15, 0.2) is 41.9 Å². The Hall–Kier alpha value is -4.48. The molecule has 1 aromatic carbocycles. The van der Waals surface area contributed by atoms with Crippen LogP contribution in [0.25, 0.3) is 11.1 Å². The van der Waals surface area contributed by atoms with Gasteiger partial charge in [0, 0.05) is 17.1 Å². The van der Waals surface area contributed by atoms with Gasteiger partial charge >= 0.3 is 12.1 Å². The Morgan fingerprint density at radius 1 is 1.34 bits per heavy atom. The number of rotatable bonds is 5. The van der Waals surface area contributed by atoms with Crippen molar-refractivity contribution < 1.29 is 18.7 Å². The Bertz CT molecular complexity index is 1350. The highest BCUT2D eigenvalue weighted by Gasteiger charge is 2.46. The normalized spacial score (nSPS) is 13.1. The van der Waals surface area contributed by atoms with E-state index in [-0.39, 0.29) is 18.2 Å². The number of amides is 3. The van der Waals surface area contributed by atoms with Crippen LogP contribution in [0.5, 0.6) is 0 Å². The molecule has 176 valence electrons. The predicted octanol–water partition coefficient (Wildman–Crippen LogP) is 4.58. The van der Waals surface area contributed by atoms with Crippen LogP contribution >= 0.6 is 11.3 Å². The monoisotopic (exact) mass is 490 g/mol. The first-order chi connectivity index (χ1) is 16.9. The highest BCUT2D eigenvalue weighted by atomic mass is 32.1. The molecule has 9 nitrogen and oxygen atoms in total. The number of carbonyl (C=O) groups excluding carboxylic acids is 2. The first-order valence-corrected chi connectivity index (χ1v) is 11.4. The standard InChI is InChI=1S/C24H19FN6O3S/c1-3-21-28-19(13-35-21)29-22(32)30-31(23(33)34-4-2)20-8-5-15(12-27-20)17-7-6-16(25)11-18(17)24(14-26)9-10-24/h1,5-8,11-13H,4,9-10H2,2H3,(H2,29,30,32). The van der Waals surface area contributed by atoms with E-state index in [1.54, 1.807) is 24.4 Å². The number of halogens is 1. The molecule has 0 spiro atoms. The SMILES string of the molecule is C#Cc1nc(NC(=O)NN(C(=O)OCC)c2ccc(-c3ccc(F)cc3C3(C#N)CC3)cn2)cs1. The van der Waals surface area contributed by atoms with Crippen molar-refractivity contribution >= 4 is 35.1 Å². The number of pyridine rings is 1. The predicted molar refractivity (Wildman–Crippen MR) is 128 cm³/mol. The summed E-state index contributed by atoms with van der Waals surface area (Å²) < 4.78 is 19.0. The molecule has 0 saturated heterocycles. The van der Waals surface area contributed by atoms with Gasteiger partial charge in [-0.1, -0.05) is 6.07 Å². The van der Waals surface area contributed by atoms with Crippen LogP contribution in [0.3, 0.4) is 0 Å². The number of hydrazine groups is 1. The number of thiazole rings is 1. The number of ether oxygens (including phenoxy) is 1. The Labute approximate surface area is 204 Å². The lowest BCUT2D eigenvalue weighted by atomic mass is 9.89. The number of benzene rings is 1. The quantitative estimate of drug-likeness (QED) is 0.399. The molecule has 35 heavy (non-hydrogen) atoms. The minimum atomic E-state index is -0.852. The van der Waals surface area contributed by atoms with Crippen molar-refractivity contribution in [3.63, 3.8) is 0 Å². The van der Waals surface area contributed by atoms with Crippen molar-refractivity contribution in [1.82, 2.24) is 15.4 Å². The van der Waals surface area contributed by atoms with Crippen molar-refractivity contribution in [3.8, 4) is 29.5 Å². The molecule has 2 N–H and O–H groups in total. The highest BCUT2D eigenvalue weighted by molar-refractivity contribution is 7.10. The summed E-state index contributed by atoms with van der Waals surface area (Å²) in [6, 6.07) is 8.99. The van der Waals surface area contributed by atoms with Gasteiger partial charge in [0.25, 0.3) is 0 Å². The van der Waals surface area contributed by atoms with Gasteiger partial charge in [-0.3, -0.25) is 5.32 Å². The summed E-state index contributed by atoms with van der Waals surface area (Å²) in [6.45, 7) is 1.70.